The molecule has 1 heterocycles. The molecule has 4 nitrogen and oxygen atoms in total. The molecule has 0 aliphatic heterocycles. The van der Waals surface area contributed by atoms with Gasteiger partial charge >= 0.3 is 0 Å². The lowest BCUT2D eigenvalue weighted by Gasteiger charge is -2.13. The summed E-state index contributed by atoms with van der Waals surface area (Å²) in [5.74, 6) is -0.293. The van der Waals surface area contributed by atoms with Crippen molar-refractivity contribution in [1.29, 1.82) is 0 Å². The van der Waals surface area contributed by atoms with Gasteiger partial charge in [0.1, 0.15) is 5.01 Å². The highest BCUT2D eigenvalue weighted by atomic mass is 32.1. The predicted octanol–water partition coefficient (Wildman–Crippen LogP) is 2.07. The zero-order chi connectivity index (χ0) is 13.2. The first-order valence-electron chi connectivity index (χ1n) is 6.54. The fraction of sp³-hybridized carbons (Fsp3) is 0.429. The van der Waals surface area contributed by atoms with Gasteiger partial charge in [0.25, 0.3) is 0 Å². The van der Waals surface area contributed by atoms with Crippen LogP contribution in [0, 0.1) is 5.92 Å². The molecule has 2 N–H and O–H groups in total. The van der Waals surface area contributed by atoms with Crippen LogP contribution < -0.4 is 5.32 Å². The fourth-order valence-corrected chi connectivity index (χ4v) is 3.44. The van der Waals surface area contributed by atoms with Crippen LogP contribution in [0.4, 0.5) is 0 Å². The molecule has 1 aromatic heterocycles. The molecule has 2 unspecified atom stereocenters. The van der Waals surface area contributed by atoms with Crippen molar-refractivity contribution in [2.75, 3.05) is 0 Å². The van der Waals surface area contributed by atoms with E-state index >= 15 is 0 Å². The molecular weight excluding hydrogens is 260 g/mol. The van der Waals surface area contributed by atoms with E-state index < -0.39 is 6.10 Å². The van der Waals surface area contributed by atoms with Crippen LogP contribution in [0.25, 0.3) is 10.2 Å². The summed E-state index contributed by atoms with van der Waals surface area (Å²) in [7, 11) is 0. The minimum absolute atomic E-state index is 0.0516. The molecular formula is C14H16N2O2S. The molecule has 0 radical (unpaired) electrons. The molecule has 0 spiro atoms. The molecule has 1 aliphatic rings. The van der Waals surface area contributed by atoms with Gasteiger partial charge in [-0.3, -0.25) is 4.79 Å². The Labute approximate surface area is 115 Å². The third kappa shape index (κ3) is 2.62. The lowest BCUT2D eigenvalue weighted by Crippen LogP contribution is -2.34. The van der Waals surface area contributed by atoms with Crippen molar-refractivity contribution in [3.8, 4) is 0 Å². The predicted molar refractivity (Wildman–Crippen MR) is 74.8 cm³/mol. The highest BCUT2D eigenvalue weighted by Crippen LogP contribution is 2.26. The number of nitrogens with zero attached hydrogens (tertiary/aromatic N) is 1. The smallest absolute Gasteiger partial charge is 0.226 e. The van der Waals surface area contributed by atoms with Crippen LogP contribution in [-0.2, 0) is 11.3 Å². The maximum atomic E-state index is 11.9. The minimum atomic E-state index is -0.477. The Morgan fingerprint density at radius 3 is 3.00 bits per heavy atom. The van der Waals surface area contributed by atoms with Crippen LogP contribution in [0.3, 0.4) is 0 Å². The van der Waals surface area contributed by atoms with E-state index in [4.69, 9.17) is 0 Å². The van der Waals surface area contributed by atoms with E-state index in [-0.39, 0.29) is 11.8 Å². The van der Waals surface area contributed by atoms with Gasteiger partial charge in [-0.25, -0.2) is 4.98 Å². The third-order valence-corrected chi connectivity index (χ3v) is 4.60. The zero-order valence-electron chi connectivity index (χ0n) is 10.5. The van der Waals surface area contributed by atoms with Crippen molar-refractivity contribution in [3.05, 3.63) is 29.3 Å². The molecule has 2 atom stereocenters. The molecule has 100 valence electrons. The number of aliphatic hydroxyl groups is 1. The van der Waals surface area contributed by atoms with E-state index in [1.807, 2.05) is 24.3 Å². The third-order valence-electron chi connectivity index (χ3n) is 3.57. The number of para-hydroxylation sites is 1. The second-order valence-corrected chi connectivity index (χ2v) is 6.01. The van der Waals surface area contributed by atoms with Crippen molar-refractivity contribution in [2.45, 2.75) is 31.9 Å². The summed E-state index contributed by atoms with van der Waals surface area (Å²) in [6.07, 6.45) is 1.97. The molecule has 1 aromatic carbocycles. The SMILES string of the molecule is O=C(NCc1nc2ccccc2s1)C1CCCC1O. The molecule has 3 rings (SSSR count). The van der Waals surface area contributed by atoms with Gasteiger partial charge in [-0.05, 0) is 31.4 Å². The number of aromatic nitrogens is 1. The quantitative estimate of drug-likeness (QED) is 0.902. The van der Waals surface area contributed by atoms with E-state index in [9.17, 15) is 9.90 Å². The molecule has 2 aromatic rings. The van der Waals surface area contributed by atoms with Crippen molar-refractivity contribution in [2.24, 2.45) is 5.92 Å². The van der Waals surface area contributed by atoms with Crippen LogP contribution in [0.1, 0.15) is 24.3 Å². The van der Waals surface area contributed by atoms with Gasteiger partial charge in [-0.2, -0.15) is 0 Å². The summed E-state index contributed by atoms with van der Waals surface area (Å²) in [5, 5.41) is 13.5. The highest BCUT2D eigenvalue weighted by molar-refractivity contribution is 7.18. The number of aliphatic hydroxyl groups excluding tert-OH is 1. The molecule has 1 aliphatic carbocycles. The van der Waals surface area contributed by atoms with Gasteiger partial charge in [0.15, 0.2) is 0 Å². The Bertz CT molecular complexity index is 563. The number of thiazole rings is 1. The molecule has 1 saturated carbocycles. The number of carbonyl (C=O) groups excluding carboxylic acids is 1. The first-order valence-corrected chi connectivity index (χ1v) is 7.36. The van der Waals surface area contributed by atoms with Gasteiger partial charge in [0, 0.05) is 0 Å². The Morgan fingerprint density at radius 1 is 1.42 bits per heavy atom. The monoisotopic (exact) mass is 276 g/mol. The molecule has 0 bridgehead atoms. The molecule has 1 fully saturated rings. The van der Waals surface area contributed by atoms with E-state index in [0.29, 0.717) is 6.54 Å². The van der Waals surface area contributed by atoms with Crippen LogP contribution in [0.2, 0.25) is 0 Å². The van der Waals surface area contributed by atoms with Crippen molar-refractivity contribution in [1.82, 2.24) is 10.3 Å². The number of hydrogen-bond acceptors (Lipinski definition) is 4. The zero-order valence-corrected chi connectivity index (χ0v) is 11.3. The topological polar surface area (TPSA) is 62.2 Å². The van der Waals surface area contributed by atoms with Crippen LogP contribution in [0.15, 0.2) is 24.3 Å². The van der Waals surface area contributed by atoms with Gasteiger partial charge in [-0.15, -0.1) is 11.3 Å². The first kappa shape index (κ1) is 12.6. The molecule has 1 amide bonds. The van der Waals surface area contributed by atoms with Crippen LogP contribution in [0.5, 0.6) is 0 Å². The molecule has 0 saturated heterocycles. The van der Waals surface area contributed by atoms with E-state index in [0.717, 1.165) is 34.5 Å². The fourth-order valence-electron chi connectivity index (χ4n) is 2.54. The Hall–Kier alpha value is -1.46. The second kappa shape index (κ2) is 5.27. The van der Waals surface area contributed by atoms with Gasteiger partial charge in [0.05, 0.1) is 28.8 Å². The van der Waals surface area contributed by atoms with Crippen LogP contribution in [-0.4, -0.2) is 22.1 Å². The molecule has 19 heavy (non-hydrogen) atoms. The normalized spacial score (nSPS) is 22.8. The van der Waals surface area contributed by atoms with Crippen LogP contribution >= 0.6 is 11.3 Å². The first-order chi connectivity index (χ1) is 9.24. The number of benzene rings is 1. The average molecular weight is 276 g/mol. The summed E-state index contributed by atoms with van der Waals surface area (Å²) in [6.45, 7) is 0.446. The average Bonchev–Trinajstić information content (AvgIpc) is 3.01. The summed E-state index contributed by atoms with van der Waals surface area (Å²) in [5.41, 5.74) is 0.970. The molecule has 5 heteroatoms. The van der Waals surface area contributed by atoms with Crippen molar-refractivity contribution in [3.63, 3.8) is 0 Å². The highest BCUT2D eigenvalue weighted by Gasteiger charge is 2.31. The minimum Gasteiger partial charge on any atom is -0.392 e. The summed E-state index contributed by atoms with van der Waals surface area (Å²) in [6, 6.07) is 7.94. The Morgan fingerprint density at radius 2 is 2.26 bits per heavy atom. The van der Waals surface area contributed by atoms with E-state index in [1.54, 1.807) is 11.3 Å². The lowest BCUT2D eigenvalue weighted by molar-refractivity contribution is -0.127. The number of carbonyl (C=O) groups is 1. The Kier molecular flexibility index (Phi) is 3.48. The van der Waals surface area contributed by atoms with E-state index in [1.165, 1.54) is 0 Å². The van der Waals surface area contributed by atoms with Gasteiger partial charge < -0.3 is 10.4 Å². The number of fused-ring (bicyclic) bond motifs is 1. The number of amides is 1. The lowest BCUT2D eigenvalue weighted by atomic mass is 10.1. The number of rotatable bonds is 3. The number of nitrogens with one attached hydrogen (secondary N) is 1. The van der Waals surface area contributed by atoms with Gasteiger partial charge in [0.2, 0.25) is 5.91 Å². The van der Waals surface area contributed by atoms with Crippen molar-refractivity contribution >= 4 is 27.5 Å². The van der Waals surface area contributed by atoms with Crippen molar-refractivity contribution < 1.29 is 9.90 Å². The Balaban J connectivity index is 1.64. The second-order valence-electron chi connectivity index (χ2n) is 4.90. The maximum absolute atomic E-state index is 11.9. The largest absolute Gasteiger partial charge is 0.392 e. The summed E-state index contributed by atoms with van der Waals surface area (Å²) >= 11 is 1.59. The summed E-state index contributed by atoms with van der Waals surface area (Å²) < 4.78 is 1.13. The van der Waals surface area contributed by atoms with E-state index in [2.05, 4.69) is 10.3 Å². The number of hydrogen-bond donors (Lipinski definition) is 2. The van der Waals surface area contributed by atoms with Gasteiger partial charge in [-0.1, -0.05) is 12.1 Å². The standard InChI is InChI=1S/C14H16N2O2S/c17-11-6-3-4-9(11)14(18)15-8-13-16-10-5-1-2-7-12(10)19-13/h1-2,5,7,9,11,17H,3-4,6,8H2,(H,15,18). The summed E-state index contributed by atoms with van der Waals surface area (Å²) in [4.78, 5) is 16.4. The maximum Gasteiger partial charge on any atom is 0.226 e.